The zero-order valence-corrected chi connectivity index (χ0v) is 9.56. The van der Waals surface area contributed by atoms with Crippen LogP contribution in [0.25, 0.3) is 0 Å². The third-order valence-corrected chi connectivity index (χ3v) is 3.01. The SMILES string of the molecule is COCc1cccc2c1CN1CC(=O)NC1=N2. The summed E-state index contributed by atoms with van der Waals surface area (Å²) >= 11 is 0. The number of carbonyl (C=O) groups is 1. The maximum atomic E-state index is 11.3. The fourth-order valence-electron chi connectivity index (χ4n) is 2.23. The van der Waals surface area contributed by atoms with Crippen LogP contribution in [0.1, 0.15) is 11.1 Å². The first-order chi connectivity index (χ1) is 8.28. The Bertz CT molecular complexity index is 510. The van der Waals surface area contributed by atoms with E-state index in [4.69, 9.17) is 4.74 Å². The summed E-state index contributed by atoms with van der Waals surface area (Å²) in [5, 5.41) is 2.75. The van der Waals surface area contributed by atoms with Crippen LogP contribution in [0, 0.1) is 0 Å². The molecule has 0 radical (unpaired) electrons. The number of nitrogens with zero attached hydrogens (tertiary/aromatic N) is 2. The van der Waals surface area contributed by atoms with Gasteiger partial charge in [-0.2, -0.15) is 0 Å². The number of carbonyl (C=O) groups excluding carboxylic acids is 1. The van der Waals surface area contributed by atoms with Crippen molar-refractivity contribution in [2.24, 2.45) is 4.99 Å². The standard InChI is InChI=1S/C12H13N3O2/c1-17-7-8-3-2-4-10-9(8)5-15-6-11(16)14-12(15)13-10/h2-4H,5-7H2,1H3,(H,13,14,16). The maximum Gasteiger partial charge on any atom is 0.246 e. The van der Waals surface area contributed by atoms with E-state index < -0.39 is 0 Å². The van der Waals surface area contributed by atoms with Crippen LogP contribution in [0.5, 0.6) is 0 Å². The number of fused-ring (bicyclic) bond motifs is 2. The van der Waals surface area contributed by atoms with Crippen LogP contribution in [-0.2, 0) is 22.7 Å². The molecule has 17 heavy (non-hydrogen) atoms. The van der Waals surface area contributed by atoms with Crippen LogP contribution in [0.3, 0.4) is 0 Å². The summed E-state index contributed by atoms with van der Waals surface area (Å²) in [5.41, 5.74) is 3.20. The van der Waals surface area contributed by atoms with Gasteiger partial charge in [-0.25, -0.2) is 4.99 Å². The lowest BCUT2D eigenvalue weighted by Gasteiger charge is -2.24. The van der Waals surface area contributed by atoms with Crippen LogP contribution >= 0.6 is 0 Å². The van der Waals surface area contributed by atoms with E-state index in [1.807, 2.05) is 23.1 Å². The maximum absolute atomic E-state index is 11.3. The molecule has 5 nitrogen and oxygen atoms in total. The molecule has 2 heterocycles. The Labute approximate surface area is 99.1 Å². The van der Waals surface area contributed by atoms with Gasteiger partial charge >= 0.3 is 0 Å². The third kappa shape index (κ3) is 1.68. The number of guanidine groups is 1. The molecule has 0 atom stereocenters. The van der Waals surface area contributed by atoms with Gasteiger partial charge in [0.2, 0.25) is 11.9 Å². The highest BCUT2D eigenvalue weighted by atomic mass is 16.5. The molecule has 0 saturated carbocycles. The second-order valence-corrected chi connectivity index (χ2v) is 4.19. The largest absolute Gasteiger partial charge is 0.380 e. The first-order valence-electron chi connectivity index (χ1n) is 5.51. The lowest BCUT2D eigenvalue weighted by atomic mass is 10.0. The smallest absolute Gasteiger partial charge is 0.246 e. The van der Waals surface area contributed by atoms with Gasteiger partial charge in [0.1, 0.15) is 6.54 Å². The van der Waals surface area contributed by atoms with E-state index in [1.54, 1.807) is 7.11 Å². The molecular weight excluding hydrogens is 218 g/mol. The summed E-state index contributed by atoms with van der Waals surface area (Å²) in [6.45, 7) is 1.68. The van der Waals surface area contributed by atoms with Crippen LogP contribution < -0.4 is 5.32 Å². The van der Waals surface area contributed by atoms with Gasteiger partial charge in [-0.1, -0.05) is 12.1 Å². The number of ether oxygens (including phenoxy) is 1. The van der Waals surface area contributed by atoms with Crippen molar-refractivity contribution < 1.29 is 9.53 Å². The minimum absolute atomic E-state index is 0.00449. The topological polar surface area (TPSA) is 53.9 Å². The molecule has 2 aliphatic heterocycles. The van der Waals surface area contributed by atoms with E-state index in [0.717, 1.165) is 16.8 Å². The molecule has 2 aliphatic rings. The second-order valence-electron chi connectivity index (χ2n) is 4.19. The van der Waals surface area contributed by atoms with Gasteiger partial charge < -0.3 is 9.64 Å². The Morgan fingerprint density at radius 1 is 1.47 bits per heavy atom. The average Bonchev–Trinajstić information content (AvgIpc) is 2.66. The molecule has 1 amide bonds. The van der Waals surface area contributed by atoms with Gasteiger partial charge in [0.05, 0.1) is 12.3 Å². The van der Waals surface area contributed by atoms with Crippen LogP contribution in [0.15, 0.2) is 23.2 Å². The number of amides is 1. The molecule has 1 aromatic rings. The summed E-state index contributed by atoms with van der Waals surface area (Å²) in [5.74, 6) is 0.668. The molecule has 1 saturated heterocycles. The predicted octanol–water partition coefficient (Wildman–Crippen LogP) is 0.766. The van der Waals surface area contributed by atoms with E-state index in [2.05, 4.69) is 10.3 Å². The minimum Gasteiger partial charge on any atom is -0.380 e. The molecule has 0 aliphatic carbocycles. The van der Waals surface area contributed by atoms with Crippen molar-refractivity contribution in [1.29, 1.82) is 0 Å². The molecule has 0 aromatic heterocycles. The van der Waals surface area contributed by atoms with Crippen molar-refractivity contribution in [3.8, 4) is 0 Å². The van der Waals surface area contributed by atoms with Gasteiger partial charge in [0.15, 0.2) is 0 Å². The molecule has 5 heteroatoms. The zero-order chi connectivity index (χ0) is 11.8. The van der Waals surface area contributed by atoms with Crippen molar-refractivity contribution in [3.63, 3.8) is 0 Å². The number of hydrogen-bond acceptors (Lipinski definition) is 4. The number of rotatable bonds is 2. The fourth-order valence-corrected chi connectivity index (χ4v) is 2.23. The lowest BCUT2D eigenvalue weighted by Crippen LogP contribution is -2.32. The number of aliphatic imine (C=N–C) groups is 1. The van der Waals surface area contributed by atoms with Crippen LogP contribution in [0.2, 0.25) is 0 Å². The van der Waals surface area contributed by atoms with Crippen molar-refractivity contribution in [3.05, 3.63) is 29.3 Å². The van der Waals surface area contributed by atoms with Gasteiger partial charge in [0.25, 0.3) is 0 Å². The molecule has 1 N–H and O–H groups in total. The van der Waals surface area contributed by atoms with Gasteiger partial charge in [-0.15, -0.1) is 0 Å². The Balaban J connectivity index is 2.02. The van der Waals surface area contributed by atoms with Crippen LogP contribution in [-0.4, -0.2) is 30.4 Å². The fraction of sp³-hybridized carbons (Fsp3) is 0.333. The van der Waals surface area contributed by atoms with Crippen LogP contribution in [0.4, 0.5) is 5.69 Å². The normalized spacial score (nSPS) is 17.4. The number of nitrogens with one attached hydrogen (secondary N) is 1. The van der Waals surface area contributed by atoms with E-state index in [-0.39, 0.29) is 5.91 Å². The summed E-state index contributed by atoms with van der Waals surface area (Å²) in [7, 11) is 1.68. The first-order valence-corrected chi connectivity index (χ1v) is 5.51. The van der Waals surface area contributed by atoms with E-state index in [1.165, 1.54) is 0 Å². The van der Waals surface area contributed by atoms with Crippen molar-refractivity contribution in [1.82, 2.24) is 10.2 Å². The highest BCUT2D eigenvalue weighted by Crippen LogP contribution is 2.29. The zero-order valence-electron chi connectivity index (χ0n) is 9.56. The Morgan fingerprint density at radius 2 is 2.35 bits per heavy atom. The minimum atomic E-state index is 0.00449. The second kappa shape index (κ2) is 3.85. The number of hydrogen-bond donors (Lipinski definition) is 1. The summed E-state index contributed by atoms with van der Waals surface area (Å²) in [6.07, 6.45) is 0. The van der Waals surface area contributed by atoms with E-state index in [9.17, 15) is 4.79 Å². The Hall–Kier alpha value is -1.88. The molecule has 1 aromatic carbocycles. The highest BCUT2D eigenvalue weighted by molar-refractivity contribution is 6.05. The summed E-state index contributed by atoms with van der Waals surface area (Å²) < 4.78 is 5.18. The molecule has 0 unspecified atom stereocenters. The van der Waals surface area contributed by atoms with E-state index in [0.29, 0.717) is 25.7 Å². The Morgan fingerprint density at radius 3 is 3.18 bits per heavy atom. The van der Waals surface area contributed by atoms with Gasteiger partial charge in [-0.3, -0.25) is 10.1 Å². The molecule has 3 rings (SSSR count). The van der Waals surface area contributed by atoms with Gasteiger partial charge in [0, 0.05) is 19.2 Å². The molecular formula is C12H13N3O2. The van der Waals surface area contributed by atoms with Crippen molar-refractivity contribution in [2.75, 3.05) is 13.7 Å². The van der Waals surface area contributed by atoms with Crippen molar-refractivity contribution >= 4 is 17.6 Å². The highest BCUT2D eigenvalue weighted by Gasteiger charge is 2.29. The van der Waals surface area contributed by atoms with Crippen molar-refractivity contribution in [2.45, 2.75) is 13.2 Å². The predicted molar refractivity (Wildman–Crippen MR) is 62.8 cm³/mol. The quantitative estimate of drug-likeness (QED) is 0.817. The molecule has 0 spiro atoms. The lowest BCUT2D eigenvalue weighted by molar-refractivity contribution is -0.118. The average molecular weight is 231 g/mol. The Kier molecular flexibility index (Phi) is 2.33. The number of methoxy groups -OCH3 is 1. The number of benzene rings is 1. The van der Waals surface area contributed by atoms with E-state index >= 15 is 0 Å². The molecule has 88 valence electrons. The summed E-state index contributed by atoms with van der Waals surface area (Å²) in [4.78, 5) is 17.7. The monoisotopic (exact) mass is 231 g/mol. The summed E-state index contributed by atoms with van der Waals surface area (Å²) in [6, 6.07) is 5.96. The third-order valence-electron chi connectivity index (χ3n) is 3.01. The van der Waals surface area contributed by atoms with Gasteiger partial charge in [-0.05, 0) is 11.6 Å². The first kappa shape index (κ1) is 10.3. The molecule has 0 bridgehead atoms. The molecule has 1 fully saturated rings.